The van der Waals surface area contributed by atoms with E-state index >= 15 is 0 Å². The Kier molecular flexibility index (Phi) is 5.29. The van der Waals surface area contributed by atoms with Gasteiger partial charge in [-0.2, -0.15) is 0 Å². The molecule has 0 bridgehead atoms. The summed E-state index contributed by atoms with van der Waals surface area (Å²) in [6, 6.07) is -0.398. The number of hydrogen-bond acceptors (Lipinski definition) is 2. The Bertz CT molecular complexity index is 124. The maximum absolute atomic E-state index is 10.1. The van der Waals surface area contributed by atoms with Crippen molar-refractivity contribution in [1.29, 1.82) is 0 Å². The zero-order chi connectivity index (χ0) is 7.98. The average Bonchev–Trinajstić information content (AvgIpc) is 2.17. The topological polar surface area (TPSA) is 58.2 Å². The second-order valence-electron chi connectivity index (χ2n) is 1.53. The van der Waals surface area contributed by atoms with E-state index in [2.05, 4.69) is 15.6 Å². The fourth-order valence-electron chi connectivity index (χ4n) is 0.376. The van der Waals surface area contributed by atoms with Gasteiger partial charge in [0, 0.05) is 0 Å². The molecule has 0 aliphatic carbocycles. The van der Waals surface area contributed by atoms with Gasteiger partial charge < -0.3 is 5.32 Å². The fraction of sp³-hybridized carbons (Fsp3) is 0.600. The van der Waals surface area contributed by atoms with E-state index < -0.39 is 6.03 Å². The van der Waals surface area contributed by atoms with Crippen LogP contribution in [0.1, 0.15) is 0 Å². The van der Waals surface area contributed by atoms with E-state index in [1.165, 1.54) is 0 Å². The summed E-state index contributed by atoms with van der Waals surface area (Å²) in [5.41, 5.74) is 0. The molecule has 0 spiro atoms. The van der Waals surface area contributed by atoms with Crippen molar-refractivity contribution in [2.45, 2.75) is 10.3 Å². The van der Waals surface area contributed by atoms with E-state index in [0.29, 0.717) is 0 Å². The summed E-state index contributed by atoms with van der Waals surface area (Å²) in [6.45, 7) is 0.124. The van der Waals surface area contributed by atoms with Gasteiger partial charge in [0.15, 0.2) is 0 Å². The number of carbonyl (C=O) groups excluding carboxylic acids is 2. The van der Waals surface area contributed by atoms with E-state index in [0.717, 1.165) is 19.8 Å². The Hall–Kier alpha value is -0.320. The van der Waals surface area contributed by atoms with Crippen molar-refractivity contribution in [3.63, 3.8) is 0 Å². The van der Waals surface area contributed by atoms with Crippen LogP contribution >= 0.6 is 0 Å². The summed E-state index contributed by atoms with van der Waals surface area (Å²) in [7, 11) is 0. The molecule has 0 saturated carbocycles. The van der Waals surface area contributed by atoms with Gasteiger partial charge in [0.2, 0.25) is 5.91 Å². The van der Waals surface area contributed by atoms with E-state index in [9.17, 15) is 9.59 Å². The number of imide groups is 1. The van der Waals surface area contributed by atoms with Crippen molar-refractivity contribution in [3.8, 4) is 0 Å². The second-order valence-corrected chi connectivity index (χ2v) is 3.01. The van der Waals surface area contributed by atoms with E-state index in [4.69, 9.17) is 0 Å². The van der Waals surface area contributed by atoms with Crippen molar-refractivity contribution in [2.75, 3.05) is 6.54 Å². The molecule has 0 aromatic rings. The van der Waals surface area contributed by atoms with Crippen LogP contribution in [0.4, 0.5) is 4.79 Å². The van der Waals surface area contributed by atoms with Crippen molar-refractivity contribution in [3.05, 3.63) is 0 Å². The SMILES string of the molecule is O=C1CNC(=O)N1.[CH3][Ag][CH3]. The van der Waals surface area contributed by atoms with Crippen LogP contribution in [0.5, 0.6) is 0 Å². The third kappa shape index (κ3) is 4.55. The predicted octanol–water partition coefficient (Wildman–Crippen LogP) is -0.00910. The van der Waals surface area contributed by atoms with E-state index in [1.54, 1.807) is 0 Å². The molecule has 1 aliphatic rings. The first-order valence-electron chi connectivity index (χ1n) is 2.47. The van der Waals surface area contributed by atoms with Crippen LogP contribution in [0.25, 0.3) is 0 Å². The minimum absolute atomic E-state index is 0.124. The summed E-state index contributed by atoms with van der Waals surface area (Å²) in [5, 5.41) is 8.61. The van der Waals surface area contributed by atoms with Gasteiger partial charge in [-0.15, -0.1) is 0 Å². The zero-order valence-corrected chi connectivity index (χ0v) is 7.31. The standard InChI is InChI=1S/C3H4N2O2.2CH3.Ag/c6-2-1-4-3(7)5-2;;;/h1H2,(H2,4,5,6,7);2*1H3;. The van der Waals surface area contributed by atoms with Gasteiger partial charge in [0.05, 0.1) is 6.54 Å². The van der Waals surface area contributed by atoms with Crippen LogP contribution < -0.4 is 10.6 Å². The molecule has 1 heterocycles. The van der Waals surface area contributed by atoms with Crippen LogP contribution in [0.2, 0.25) is 10.3 Å². The van der Waals surface area contributed by atoms with Crippen LogP contribution in [-0.2, 0) is 24.5 Å². The number of rotatable bonds is 0. The summed E-state index contributed by atoms with van der Waals surface area (Å²) >= 11 is 1.07. The Morgan fingerprint density at radius 2 is 1.90 bits per heavy atom. The van der Waals surface area contributed by atoms with Gasteiger partial charge in [-0.25, -0.2) is 4.79 Å². The summed E-state index contributed by atoms with van der Waals surface area (Å²) in [6.07, 6.45) is 0. The molecule has 3 amide bonds. The average molecular weight is 238 g/mol. The normalized spacial score (nSPS) is 15.4. The summed E-state index contributed by atoms with van der Waals surface area (Å²) in [5.74, 6) is -0.259. The third-order valence-electron chi connectivity index (χ3n) is 0.662. The van der Waals surface area contributed by atoms with E-state index in [1.807, 2.05) is 5.32 Å². The third-order valence-corrected chi connectivity index (χ3v) is 0.662. The molecule has 0 radical (unpaired) electrons. The first-order valence-corrected chi connectivity index (χ1v) is 5.43. The zero-order valence-electron chi connectivity index (χ0n) is 5.83. The van der Waals surface area contributed by atoms with Crippen LogP contribution in [0.3, 0.4) is 0 Å². The van der Waals surface area contributed by atoms with Gasteiger partial charge in [0.1, 0.15) is 0 Å². The molecular formula is C5H10AgN2O2. The molecular weight excluding hydrogens is 228 g/mol. The number of nitrogens with one attached hydrogen (secondary N) is 2. The fourth-order valence-corrected chi connectivity index (χ4v) is 0.376. The molecule has 0 aromatic carbocycles. The molecule has 1 saturated heterocycles. The predicted molar refractivity (Wildman–Crippen MR) is 33.3 cm³/mol. The Balaban J connectivity index is 0.000000236. The first-order chi connectivity index (χ1) is 4.70. The molecule has 5 heteroatoms. The monoisotopic (exact) mass is 237 g/mol. The van der Waals surface area contributed by atoms with Gasteiger partial charge in [-0.3, -0.25) is 10.1 Å². The molecule has 2 N–H and O–H groups in total. The van der Waals surface area contributed by atoms with Crippen molar-refractivity contribution >= 4 is 11.9 Å². The second kappa shape index (κ2) is 5.46. The number of amides is 3. The molecule has 63 valence electrons. The van der Waals surface area contributed by atoms with Crippen molar-refractivity contribution < 1.29 is 29.3 Å². The molecule has 10 heavy (non-hydrogen) atoms. The Morgan fingerprint density at radius 3 is 2.00 bits per heavy atom. The van der Waals surface area contributed by atoms with Crippen LogP contribution in [0.15, 0.2) is 0 Å². The first kappa shape index (κ1) is 9.68. The Morgan fingerprint density at radius 1 is 1.40 bits per heavy atom. The summed E-state index contributed by atoms with van der Waals surface area (Å²) < 4.78 is 0. The van der Waals surface area contributed by atoms with Gasteiger partial charge in [-0.1, -0.05) is 0 Å². The van der Waals surface area contributed by atoms with Crippen molar-refractivity contribution in [1.82, 2.24) is 10.6 Å². The number of carbonyl (C=O) groups is 2. The summed E-state index contributed by atoms with van der Waals surface area (Å²) in [4.78, 5) is 20.1. The molecule has 1 aliphatic heterocycles. The Labute approximate surface area is 69.1 Å². The van der Waals surface area contributed by atoms with Gasteiger partial charge >= 0.3 is 36.1 Å². The quantitative estimate of drug-likeness (QED) is 0.460. The number of hydrogen-bond donors (Lipinski definition) is 2. The minimum atomic E-state index is -0.398. The van der Waals surface area contributed by atoms with Crippen LogP contribution in [0, 0.1) is 0 Å². The molecule has 0 aromatic heterocycles. The molecule has 0 atom stereocenters. The molecule has 1 rings (SSSR count). The van der Waals surface area contributed by atoms with Gasteiger partial charge in [-0.05, 0) is 0 Å². The molecule has 1 fully saturated rings. The van der Waals surface area contributed by atoms with Crippen LogP contribution in [-0.4, -0.2) is 18.5 Å². The van der Waals surface area contributed by atoms with Crippen molar-refractivity contribution in [2.24, 2.45) is 0 Å². The molecule has 0 unspecified atom stereocenters. The maximum atomic E-state index is 10.1. The van der Waals surface area contributed by atoms with Gasteiger partial charge in [0.25, 0.3) is 0 Å². The molecule has 4 nitrogen and oxygen atoms in total. The van der Waals surface area contributed by atoms with E-state index in [-0.39, 0.29) is 12.5 Å². The number of urea groups is 1.